The third-order valence-corrected chi connectivity index (χ3v) is 4.50. The van der Waals surface area contributed by atoms with E-state index in [4.69, 9.17) is 9.84 Å². The fourth-order valence-electron chi connectivity index (χ4n) is 3.05. The van der Waals surface area contributed by atoms with Gasteiger partial charge in [-0.15, -0.1) is 0 Å². The molecule has 2 rings (SSSR count). The lowest BCUT2D eigenvalue weighted by Gasteiger charge is -2.31. The molecule has 0 bridgehead atoms. The second-order valence-corrected chi connectivity index (χ2v) is 6.46. The number of ether oxygens (including phenoxy) is 1. The topological polar surface area (TPSA) is 92.7 Å². The molecular weight excluding hydrogens is 384 g/mol. The van der Waals surface area contributed by atoms with Crippen molar-refractivity contribution in [1.82, 2.24) is 5.32 Å². The Labute approximate surface area is 166 Å². The summed E-state index contributed by atoms with van der Waals surface area (Å²) in [5, 5.41) is 11.1. The summed E-state index contributed by atoms with van der Waals surface area (Å²) in [6, 6.07) is 14.7. The predicted molar refractivity (Wildman–Crippen MR) is 101 cm³/mol. The Morgan fingerprint density at radius 1 is 1.00 bits per heavy atom. The minimum absolute atomic E-state index is 0.123. The first kappa shape index (κ1) is 22.0. The Balaban J connectivity index is 2.23. The highest BCUT2D eigenvalue weighted by atomic mass is 19.3. The Hall–Kier alpha value is -3.29. The number of benzene rings is 2. The molecule has 0 radical (unpaired) electrons. The monoisotopic (exact) mass is 405 g/mol. The van der Waals surface area contributed by atoms with Crippen LogP contribution in [0.2, 0.25) is 0 Å². The lowest BCUT2D eigenvalue weighted by atomic mass is 9.79. The van der Waals surface area contributed by atoms with Gasteiger partial charge in [-0.1, -0.05) is 67.6 Å². The highest BCUT2D eigenvalue weighted by molar-refractivity contribution is 6.33. The van der Waals surface area contributed by atoms with Crippen molar-refractivity contribution < 1.29 is 33.0 Å². The van der Waals surface area contributed by atoms with Gasteiger partial charge in [-0.3, -0.25) is 4.79 Å². The Morgan fingerprint density at radius 3 is 2.07 bits per heavy atom. The molecule has 1 amide bonds. The molecule has 0 spiro atoms. The molecule has 6 nitrogen and oxygen atoms in total. The number of nitrogens with one attached hydrogen (secondary N) is 1. The van der Waals surface area contributed by atoms with E-state index in [2.05, 4.69) is 5.32 Å². The first-order valence-electron chi connectivity index (χ1n) is 8.88. The lowest BCUT2D eigenvalue weighted by Crippen LogP contribution is -2.48. The van der Waals surface area contributed by atoms with E-state index in [0.29, 0.717) is 11.1 Å². The molecule has 3 atom stereocenters. The van der Waals surface area contributed by atoms with Gasteiger partial charge in [-0.25, -0.2) is 18.4 Å². The summed E-state index contributed by atoms with van der Waals surface area (Å²) >= 11 is 0. The molecule has 0 fully saturated rings. The molecule has 29 heavy (non-hydrogen) atoms. The highest BCUT2D eigenvalue weighted by Crippen LogP contribution is 2.32. The van der Waals surface area contributed by atoms with Gasteiger partial charge in [-0.2, -0.15) is 0 Å². The summed E-state index contributed by atoms with van der Waals surface area (Å²) in [5.74, 6) is -5.51. The minimum Gasteiger partial charge on any atom is -0.475 e. The zero-order chi connectivity index (χ0) is 21.4. The van der Waals surface area contributed by atoms with Crippen LogP contribution in [0.4, 0.5) is 13.6 Å². The normalized spacial score (nSPS) is 13.9. The van der Waals surface area contributed by atoms with Gasteiger partial charge < -0.3 is 15.2 Å². The third kappa shape index (κ3) is 6.10. The highest BCUT2D eigenvalue weighted by Gasteiger charge is 2.40. The molecule has 0 heterocycles. The number of carbonyl (C=O) groups excluding carboxylic acids is 2. The number of hydrogen-bond donors (Lipinski definition) is 2. The molecule has 2 N–H and O–H groups in total. The standard InChI is InChI=1S/C21H21F2NO5/c1-13(18(25)20(26)27)16(15-10-6-3-7-11-15)17(19(22)23)24-21(28)29-12-14-8-4-2-5-9-14/h2-11,13,16-17,19H,12H2,1H3,(H,24,28)(H,26,27). The van der Waals surface area contributed by atoms with Crippen LogP contribution >= 0.6 is 0 Å². The minimum atomic E-state index is -3.06. The average molecular weight is 405 g/mol. The Bertz CT molecular complexity index is 829. The molecule has 154 valence electrons. The largest absolute Gasteiger partial charge is 0.475 e. The van der Waals surface area contributed by atoms with Crippen LogP contribution in [-0.2, 0) is 20.9 Å². The van der Waals surface area contributed by atoms with Crippen LogP contribution in [0.5, 0.6) is 0 Å². The zero-order valence-electron chi connectivity index (χ0n) is 15.6. The molecular formula is C21H21F2NO5. The molecule has 3 unspecified atom stereocenters. The van der Waals surface area contributed by atoms with Crippen LogP contribution in [0, 0.1) is 5.92 Å². The molecule has 0 aliphatic rings. The average Bonchev–Trinajstić information content (AvgIpc) is 2.72. The number of amides is 1. The SMILES string of the molecule is CC(C(=O)C(=O)O)C(c1ccccc1)C(NC(=O)OCc1ccccc1)C(F)F. The molecule has 2 aromatic rings. The fraction of sp³-hybridized carbons (Fsp3) is 0.286. The van der Waals surface area contributed by atoms with Crippen LogP contribution in [0.3, 0.4) is 0 Å². The number of carbonyl (C=O) groups is 3. The maximum absolute atomic E-state index is 13.9. The van der Waals surface area contributed by atoms with E-state index >= 15 is 0 Å². The second-order valence-electron chi connectivity index (χ2n) is 6.46. The summed E-state index contributed by atoms with van der Waals surface area (Å²) in [6.07, 6.45) is -4.15. The molecule has 0 aliphatic heterocycles. The number of aliphatic carboxylic acids is 1. The fourth-order valence-corrected chi connectivity index (χ4v) is 3.05. The summed E-state index contributed by atoms with van der Waals surface area (Å²) in [4.78, 5) is 35.2. The van der Waals surface area contributed by atoms with Crippen molar-refractivity contribution in [1.29, 1.82) is 0 Å². The van der Waals surface area contributed by atoms with E-state index in [0.717, 1.165) is 0 Å². The van der Waals surface area contributed by atoms with Crippen molar-refractivity contribution >= 4 is 17.8 Å². The van der Waals surface area contributed by atoms with E-state index in [1.165, 1.54) is 19.1 Å². The summed E-state index contributed by atoms with van der Waals surface area (Å²) in [6.45, 7) is 1.13. The van der Waals surface area contributed by atoms with Crippen molar-refractivity contribution in [3.8, 4) is 0 Å². The Kier molecular flexibility index (Phi) is 7.82. The van der Waals surface area contributed by atoms with Crippen molar-refractivity contribution in [2.24, 2.45) is 5.92 Å². The van der Waals surface area contributed by atoms with E-state index in [-0.39, 0.29) is 6.61 Å². The third-order valence-electron chi connectivity index (χ3n) is 4.50. The molecule has 0 saturated heterocycles. The number of alkyl carbamates (subject to hydrolysis) is 1. The number of carboxylic acid groups (broad SMARTS) is 1. The van der Waals surface area contributed by atoms with Gasteiger partial charge in [0.2, 0.25) is 5.78 Å². The molecule has 2 aromatic carbocycles. The molecule has 0 aromatic heterocycles. The Morgan fingerprint density at radius 2 is 1.55 bits per heavy atom. The number of rotatable bonds is 9. The van der Waals surface area contributed by atoms with Gasteiger partial charge in [-0.05, 0) is 11.1 Å². The number of ketones is 1. The van der Waals surface area contributed by atoms with Crippen LogP contribution in [0.25, 0.3) is 0 Å². The molecule has 8 heteroatoms. The van der Waals surface area contributed by atoms with Gasteiger partial charge in [0.15, 0.2) is 0 Å². The summed E-state index contributed by atoms with van der Waals surface area (Å²) in [5.41, 5.74) is 0.980. The van der Waals surface area contributed by atoms with Crippen LogP contribution in [0.15, 0.2) is 60.7 Å². The van der Waals surface area contributed by atoms with Gasteiger partial charge in [0.1, 0.15) is 12.6 Å². The van der Waals surface area contributed by atoms with E-state index < -0.39 is 42.1 Å². The lowest BCUT2D eigenvalue weighted by molar-refractivity contribution is -0.151. The predicted octanol–water partition coefficient (Wildman–Crippen LogP) is 3.62. The number of Topliss-reactive ketones (excluding diaryl/α,β-unsaturated/α-hetero) is 1. The van der Waals surface area contributed by atoms with Crippen molar-refractivity contribution in [2.75, 3.05) is 0 Å². The van der Waals surface area contributed by atoms with Crippen molar-refractivity contribution in [2.45, 2.75) is 31.9 Å². The molecule has 0 aliphatic carbocycles. The van der Waals surface area contributed by atoms with Crippen molar-refractivity contribution in [3.63, 3.8) is 0 Å². The van der Waals surface area contributed by atoms with Crippen molar-refractivity contribution in [3.05, 3.63) is 71.8 Å². The second kappa shape index (κ2) is 10.3. The molecule has 0 saturated carbocycles. The van der Waals surface area contributed by atoms with Crippen LogP contribution < -0.4 is 5.32 Å². The van der Waals surface area contributed by atoms with Gasteiger partial charge >= 0.3 is 12.1 Å². The number of alkyl halides is 2. The first-order chi connectivity index (χ1) is 13.8. The van der Waals surface area contributed by atoms with E-state index in [1.54, 1.807) is 48.5 Å². The van der Waals surface area contributed by atoms with E-state index in [1.807, 2.05) is 0 Å². The summed E-state index contributed by atoms with van der Waals surface area (Å²) < 4.78 is 32.7. The quantitative estimate of drug-likeness (QED) is 0.622. The van der Waals surface area contributed by atoms with Gasteiger partial charge in [0.05, 0.1) is 0 Å². The number of hydrogen-bond acceptors (Lipinski definition) is 4. The zero-order valence-corrected chi connectivity index (χ0v) is 15.6. The first-order valence-corrected chi connectivity index (χ1v) is 8.88. The number of halogens is 2. The van der Waals surface area contributed by atoms with Crippen LogP contribution in [0.1, 0.15) is 24.0 Å². The summed E-state index contributed by atoms with van der Waals surface area (Å²) in [7, 11) is 0. The van der Waals surface area contributed by atoms with Gasteiger partial charge in [0.25, 0.3) is 6.43 Å². The smallest absolute Gasteiger partial charge is 0.407 e. The maximum Gasteiger partial charge on any atom is 0.407 e. The maximum atomic E-state index is 13.9. The van der Waals surface area contributed by atoms with Gasteiger partial charge in [0, 0.05) is 11.8 Å². The number of carboxylic acids is 1. The van der Waals surface area contributed by atoms with Crippen LogP contribution in [-0.4, -0.2) is 35.4 Å². The van der Waals surface area contributed by atoms with E-state index in [9.17, 15) is 23.2 Å².